The van der Waals surface area contributed by atoms with Crippen molar-refractivity contribution in [1.29, 1.82) is 0 Å². The van der Waals surface area contributed by atoms with Crippen molar-refractivity contribution in [2.75, 3.05) is 12.4 Å². The number of aryl methyl sites for hydroxylation is 1. The van der Waals surface area contributed by atoms with E-state index in [0.29, 0.717) is 0 Å². The molecule has 0 amide bonds. The molecular formula is C15H18FNO2. The Kier molecular flexibility index (Phi) is 4.44. The average molecular weight is 263 g/mol. The van der Waals surface area contributed by atoms with Gasteiger partial charge in [0, 0.05) is 24.2 Å². The summed E-state index contributed by atoms with van der Waals surface area (Å²) in [5.74, 6) is 0.879. The summed E-state index contributed by atoms with van der Waals surface area (Å²) in [6, 6.07) is 8.90. The highest BCUT2D eigenvalue weighted by Crippen LogP contribution is 2.22. The molecule has 0 saturated heterocycles. The molecule has 4 heteroatoms. The number of halogens is 1. The van der Waals surface area contributed by atoms with Crippen LogP contribution in [-0.4, -0.2) is 13.2 Å². The molecule has 1 atom stereocenters. The number of hydrogen-bond acceptors (Lipinski definition) is 3. The first-order valence-electron chi connectivity index (χ1n) is 6.31. The third-order valence-corrected chi connectivity index (χ3v) is 2.97. The first-order valence-corrected chi connectivity index (χ1v) is 6.31. The zero-order chi connectivity index (χ0) is 13.7. The quantitative estimate of drug-likeness (QED) is 0.859. The summed E-state index contributed by atoms with van der Waals surface area (Å²) < 4.78 is 23.5. The number of furan rings is 1. The van der Waals surface area contributed by atoms with Crippen molar-refractivity contribution in [3.63, 3.8) is 0 Å². The van der Waals surface area contributed by atoms with Crippen molar-refractivity contribution < 1.29 is 13.5 Å². The molecule has 1 unspecified atom stereocenters. The fourth-order valence-electron chi connectivity index (χ4n) is 1.92. The zero-order valence-electron chi connectivity index (χ0n) is 11.2. The normalized spacial score (nSPS) is 12.2. The van der Waals surface area contributed by atoms with Crippen LogP contribution in [0.1, 0.15) is 19.1 Å². The third kappa shape index (κ3) is 3.74. The number of hydrogen-bond donors (Lipinski definition) is 1. The second-order valence-electron chi connectivity index (χ2n) is 4.51. The van der Waals surface area contributed by atoms with E-state index in [1.807, 2.05) is 12.1 Å². The lowest BCUT2D eigenvalue weighted by Crippen LogP contribution is -2.16. The van der Waals surface area contributed by atoms with Crippen LogP contribution < -0.4 is 10.1 Å². The molecule has 0 aliphatic heterocycles. The molecule has 3 nitrogen and oxygen atoms in total. The number of ether oxygens (including phenoxy) is 1. The van der Waals surface area contributed by atoms with Crippen LogP contribution in [0.25, 0.3) is 0 Å². The standard InChI is InChI=1S/C15H18FNO2/c1-11(5-7-13-4-3-9-19-13)17-12-6-8-14(16)15(10-12)18-2/h3-4,6,8-11,17H,5,7H2,1-2H3. The Morgan fingerprint density at radius 3 is 2.89 bits per heavy atom. The van der Waals surface area contributed by atoms with Crippen molar-refractivity contribution in [3.8, 4) is 5.75 Å². The smallest absolute Gasteiger partial charge is 0.165 e. The van der Waals surface area contributed by atoms with Gasteiger partial charge in [0.15, 0.2) is 11.6 Å². The molecule has 1 heterocycles. The van der Waals surface area contributed by atoms with Crippen LogP contribution >= 0.6 is 0 Å². The molecular weight excluding hydrogens is 245 g/mol. The molecule has 0 radical (unpaired) electrons. The molecule has 2 aromatic rings. The largest absolute Gasteiger partial charge is 0.494 e. The Labute approximate surface area is 112 Å². The summed E-state index contributed by atoms with van der Waals surface area (Å²) in [6.45, 7) is 2.08. The summed E-state index contributed by atoms with van der Waals surface area (Å²) in [4.78, 5) is 0. The number of benzene rings is 1. The number of nitrogens with one attached hydrogen (secondary N) is 1. The van der Waals surface area contributed by atoms with Gasteiger partial charge in [-0.3, -0.25) is 0 Å². The molecule has 2 rings (SSSR count). The monoisotopic (exact) mass is 263 g/mol. The van der Waals surface area contributed by atoms with Gasteiger partial charge in [0.25, 0.3) is 0 Å². The molecule has 0 fully saturated rings. The van der Waals surface area contributed by atoms with Gasteiger partial charge in [-0.2, -0.15) is 0 Å². The van der Waals surface area contributed by atoms with Gasteiger partial charge in [-0.25, -0.2) is 4.39 Å². The Morgan fingerprint density at radius 1 is 1.37 bits per heavy atom. The van der Waals surface area contributed by atoms with Gasteiger partial charge in [0.1, 0.15) is 5.76 Å². The Morgan fingerprint density at radius 2 is 2.21 bits per heavy atom. The highest BCUT2D eigenvalue weighted by Gasteiger charge is 2.07. The molecule has 0 spiro atoms. The minimum atomic E-state index is -0.351. The lowest BCUT2D eigenvalue weighted by molar-refractivity contribution is 0.386. The molecule has 1 aromatic carbocycles. The van der Waals surface area contributed by atoms with E-state index in [-0.39, 0.29) is 17.6 Å². The average Bonchev–Trinajstić information content (AvgIpc) is 2.92. The summed E-state index contributed by atoms with van der Waals surface area (Å²) in [7, 11) is 1.46. The van der Waals surface area contributed by atoms with Crippen LogP contribution in [-0.2, 0) is 6.42 Å². The van der Waals surface area contributed by atoms with E-state index in [4.69, 9.17) is 9.15 Å². The van der Waals surface area contributed by atoms with Crippen molar-refractivity contribution in [1.82, 2.24) is 0 Å². The Bertz CT molecular complexity index is 511. The maximum Gasteiger partial charge on any atom is 0.165 e. The molecule has 102 valence electrons. The highest BCUT2D eigenvalue weighted by atomic mass is 19.1. The number of rotatable bonds is 6. The van der Waals surface area contributed by atoms with E-state index in [0.717, 1.165) is 24.3 Å². The van der Waals surface area contributed by atoms with Gasteiger partial charge in [0.2, 0.25) is 0 Å². The van der Waals surface area contributed by atoms with Crippen molar-refractivity contribution in [2.45, 2.75) is 25.8 Å². The summed E-state index contributed by atoms with van der Waals surface area (Å²) in [5, 5.41) is 3.32. The molecule has 1 aromatic heterocycles. The fourth-order valence-corrected chi connectivity index (χ4v) is 1.92. The predicted molar refractivity (Wildman–Crippen MR) is 73.1 cm³/mol. The minimum Gasteiger partial charge on any atom is -0.494 e. The minimum absolute atomic E-state index is 0.253. The fraction of sp³-hybridized carbons (Fsp3) is 0.333. The van der Waals surface area contributed by atoms with Crippen LogP contribution in [0.15, 0.2) is 41.0 Å². The van der Waals surface area contributed by atoms with Gasteiger partial charge in [-0.1, -0.05) is 0 Å². The van der Waals surface area contributed by atoms with Crippen LogP contribution in [0.2, 0.25) is 0 Å². The second kappa shape index (κ2) is 6.27. The van der Waals surface area contributed by atoms with Gasteiger partial charge in [-0.15, -0.1) is 0 Å². The van der Waals surface area contributed by atoms with Crippen LogP contribution in [0.5, 0.6) is 5.75 Å². The van der Waals surface area contributed by atoms with Crippen LogP contribution in [0.4, 0.5) is 10.1 Å². The van der Waals surface area contributed by atoms with E-state index < -0.39 is 0 Å². The maximum atomic E-state index is 13.3. The Hall–Kier alpha value is -1.97. The van der Waals surface area contributed by atoms with Gasteiger partial charge >= 0.3 is 0 Å². The van der Waals surface area contributed by atoms with Gasteiger partial charge in [-0.05, 0) is 37.6 Å². The van der Waals surface area contributed by atoms with E-state index in [1.165, 1.54) is 13.2 Å². The summed E-state index contributed by atoms with van der Waals surface area (Å²) in [6.07, 6.45) is 3.49. The maximum absolute atomic E-state index is 13.3. The molecule has 1 N–H and O–H groups in total. The molecule has 19 heavy (non-hydrogen) atoms. The van der Waals surface area contributed by atoms with Crippen molar-refractivity contribution >= 4 is 5.69 Å². The second-order valence-corrected chi connectivity index (χ2v) is 4.51. The SMILES string of the molecule is COc1cc(NC(C)CCc2ccco2)ccc1F. The van der Waals surface area contributed by atoms with E-state index in [2.05, 4.69) is 12.2 Å². The van der Waals surface area contributed by atoms with Crippen LogP contribution in [0, 0.1) is 5.82 Å². The van der Waals surface area contributed by atoms with E-state index in [9.17, 15) is 4.39 Å². The van der Waals surface area contributed by atoms with Gasteiger partial charge < -0.3 is 14.5 Å². The molecule has 0 saturated carbocycles. The third-order valence-electron chi connectivity index (χ3n) is 2.97. The topological polar surface area (TPSA) is 34.4 Å². The molecule has 0 bridgehead atoms. The van der Waals surface area contributed by atoms with Gasteiger partial charge in [0.05, 0.1) is 13.4 Å². The van der Waals surface area contributed by atoms with Crippen molar-refractivity contribution in [3.05, 3.63) is 48.2 Å². The van der Waals surface area contributed by atoms with Crippen molar-refractivity contribution in [2.24, 2.45) is 0 Å². The predicted octanol–water partition coefficient (Wildman–Crippen LogP) is 3.86. The zero-order valence-corrected chi connectivity index (χ0v) is 11.2. The number of methoxy groups -OCH3 is 1. The van der Waals surface area contributed by atoms with Crippen LogP contribution in [0.3, 0.4) is 0 Å². The first kappa shape index (κ1) is 13.5. The highest BCUT2D eigenvalue weighted by molar-refractivity contribution is 5.49. The van der Waals surface area contributed by atoms with E-state index >= 15 is 0 Å². The number of anilines is 1. The lowest BCUT2D eigenvalue weighted by Gasteiger charge is -2.15. The molecule has 0 aliphatic carbocycles. The Balaban J connectivity index is 1.89. The lowest BCUT2D eigenvalue weighted by atomic mass is 10.1. The first-order chi connectivity index (χ1) is 9.19. The summed E-state index contributed by atoms with van der Waals surface area (Å²) >= 11 is 0. The van der Waals surface area contributed by atoms with E-state index in [1.54, 1.807) is 18.4 Å². The summed E-state index contributed by atoms with van der Waals surface area (Å²) in [5.41, 5.74) is 0.852. The molecule has 0 aliphatic rings.